The number of ether oxygens (including phenoxy) is 2. The molecule has 7 heteroatoms. The molecule has 0 aromatic heterocycles. The second kappa shape index (κ2) is 9.03. The monoisotopic (exact) mass is 468 g/mol. The molecule has 0 amide bonds. The molecule has 1 fully saturated rings. The molecule has 2 aromatic carbocycles. The summed E-state index contributed by atoms with van der Waals surface area (Å²) < 4.78 is 40.1. The van der Waals surface area contributed by atoms with Crippen LogP contribution < -0.4 is 19.5 Å². The first-order chi connectivity index (χ1) is 16.0. The van der Waals surface area contributed by atoms with Crippen molar-refractivity contribution < 1.29 is 17.9 Å². The lowest BCUT2D eigenvalue weighted by Crippen LogP contribution is -2.36. The maximum atomic E-state index is 13.1. The Labute approximate surface area is 196 Å². The highest BCUT2D eigenvalue weighted by Gasteiger charge is 2.39. The molecule has 0 saturated heterocycles. The van der Waals surface area contributed by atoms with Gasteiger partial charge in [0.1, 0.15) is 0 Å². The first-order valence-electron chi connectivity index (χ1n) is 11.8. The summed E-state index contributed by atoms with van der Waals surface area (Å²) in [6.07, 6.45) is 10.6. The van der Waals surface area contributed by atoms with Crippen molar-refractivity contribution in [3.63, 3.8) is 0 Å². The van der Waals surface area contributed by atoms with Crippen LogP contribution in [-0.4, -0.2) is 28.7 Å². The lowest BCUT2D eigenvalue weighted by atomic mass is 9.77. The van der Waals surface area contributed by atoms with Gasteiger partial charge in [-0.15, -0.1) is 0 Å². The van der Waals surface area contributed by atoms with E-state index in [1.54, 1.807) is 20.3 Å². The summed E-state index contributed by atoms with van der Waals surface area (Å²) in [4.78, 5) is 0.359. The van der Waals surface area contributed by atoms with Gasteiger partial charge >= 0.3 is 0 Å². The van der Waals surface area contributed by atoms with E-state index < -0.39 is 10.0 Å². The van der Waals surface area contributed by atoms with Gasteiger partial charge in [0, 0.05) is 17.6 Å². The molecule has 3 atom stereocenters. The van der Waals surface area contributed by atoms with Gasteiger partial charge in [0.25, 0.3) is 0 Å². The number of nitrogens with one attached hydrogen (secondary N) is 2. The Morgan fingerprint density at radius 1 is 0.970 bits per heavy atom. The molecule has 3 unspecified atom stereocenters. The third-order valence-corrected chi connectivity index (χ3v) is 8.86. The highest BCUT2D eigenvalue weighted by Crippen LogP contribution is 2.50. The zero-order chi connectivity index (χ0) is 23.0. The molecule has 0 radical (unpaired) electrons. The molecule has 1 saturated carbocycles. The van der Waals surface area contributed by atoms with Crippen LogP contribution in [0, 0.1) is 5.92 Å². The molecule has 2 N–H and O–H groups in total. The van der Waals surface area contributed by atoms with E-state index in [4.69, 9.17) is 9.47 Å². The standard InChI is InChI=1S/C26H32N2O4S/c1-31-24-14-11-17(15-25(24)32-2)26-21-10-6-9-20(21)22-16-19(12-13-23(22)27-26)33(29,30)28-18-7-4-3-5-8-18/h6,9,11-16,18,20-21,26-28H,3-5,7-8,10H2,1-2H3. The minimum atomic E-state index is -3.54. The van der Waals surface area contributed by atoms with Crippen molar-refractivity contribution in [2.75, 3.05) is 19.5 Å². The topological polar surface area (TPSA) is 76.7 Å². The number of methoxy groups -OCH3 is 2. The fourth-order valence-electron chi connectivity index (χ4n) is 5.62. The minimum absolute atomic E-state index is 0.0477. The highest BCUT2D eigenvalue weighted by atomic mass is 32.2. The third kappa shape index (κ3) is 4.24. The summed E-state index contributed by atoms with van der Waals surface area (Å²) in [5, 5.41) is 3.68. The Morgan fingerprint density at radius 2 is 1.76 bits per heavy atom. The Kier molecular flexibility index (Phi) is 6.10. The average Bonchev–Trinajstić information content (AvgIpc) is 3.33. The highest BCUT2D eigenvalue weighted by molar-refractivity contribution is 7.89. The van der Waals surface area contributed by atoms with E-state index in [-0.39, 0.29) is 18.0 Å². The van der Waals surface area contributed by atoms with E-state index in [9.17, 15) is 8.42 Å². The van der Waals surface area contributed by atoms with Crippen molar-refractivity contribution in [1.82, 2.24) is 4.72 Å². The first-order valence-corrected chi connectivity index (χ1v) is 13.3. The quantitative estimate of drug-likeness (QED) is 0.574. The number of sulfonamides is 1. The molecule has 33 heavy (non-hydrogen) atoms. The van der Waals surface area contributed by atoms with Crippen LogP contribution in [0.25, 0.3) is 0 Å². The summed E-state index contributed by atoms with van der Waals surface area (Å²) in [7, 11) is -0.252. The SMILES string of the molecule is COc1ccc(C2Nc3ccc(S(=O)(=O)NC4CCCCC4)cc3C3C=CCC32)cc1OC. The van der Waals surface area contributed by atoms with Crippen LogP contribution in [0.5, 0.6) is 11.5 Å². The summed E-state index contributed by atoms with van der Waals surface area (Å²) in [6, 6.07) is 11.7. The second-order valence-electron chi connectivity index (χ2n) is 9.30. The van der Waals surface area contributed by atoms with Gasteiger partial charge in [0.05, 0.1) is 25.2 Å². The van der Waals surface area contributed by atoms with E-state index in [1.807, 2.05) is 24.3 Å². The summed E-state index contributed by atoms with van der Waals surface area (Å²) in [6.45, 7) is 0. The van der Waals surface area contributed by atoms with Gasteiger partial charge in [-0.1, -0.05) is 37.5 Å². The maximum Gasteiger partial charge on any atom is 0.240 e. The van der Waals surface area contributed by atoms with Crippen LogP contribution in [0.15, 0.2) is 53.4 Å². The van der Waals surface area contributed by atoms with Gasteiger partial charge in [0.15, 0.2) is 11.5 Å². The van der Waals surface area contributed by atoms with Crippen molar-refractivity contribution >= 4 is 15.7 Å². The van der Waals surface area contributed by atoms with Gasteiger partial charge < -0.3 is 14.8 Å². The first kappa shape index (κ1) is 22.3. The summed E-state index contributed by atoms with van der Waals surface area (Å²) >= 11 is 0. The Bertz CT molecular complexity index is 1150. The molecule has 2 aromatic rings. The van der Waals surface area contributed by atoms with Crippen molar-refractivity contribution in [3.8, 4) is 11.5 Å². The molecular formula is C26H32N2O4S. The molecule has 1 aliphatic heterocycles. The molecule has 0 bridgehead atoms. The van der Waals surface area contributed by atoms with Gasteiger partial charge in [-0.2, -0.15) is 0 Å². The van der Waals surface area contributed by atoms with Crippen LogP contribution in [0.2, 0.25) is 0 Å². The van der Waals surface area contributed by atoms with E-state index in [1.165, 1.54) is 6.42 Å². The van der Waals surface area contributed by atoms with E-state index in [0.29, 0.717) is 22.3 Å². The lowest BCUT2D eigenvalue weighted by Gasteiger charge is -2.38. The number of rotatable bonds is 6. The smallest absolute Gasteiger partial charge is 0.240 e. The van der Waals surface area contributed by atoms with Crippen LogP contribution in [0.3, 0.4) is 0 Å². The molecule has 5 rings (SSSR count). The molecule has 0 spiro atoms. The summed E-state index contributed by atoms with van der Waals surface area (Å²) in [5.41, 5.74) is 3.17. The molecule has 176 valence electrons. The van der Waals surface area contributed by atoms with Crippen molar-refractivity contribution in [2.24, 2.45) is 5.92 Å². The Hall–Kier alpha value is -2.51. The molecule has 3 aliphatic rings. The number of allylic oxidation sites excluding steroid dienone is 2. The zero-order valence-electron chi connectivity index (χ0n) is 19.2. The number of fused-ring (bicyclic) bond motifs is 3. The van der Waals surface area contributed by atoms with Gasteiger partial charge in [0.2, 0.25) is 10.0 Å². The maximum absolute atomic E-state index is 13.1. The normalized spacial score (nSPS) is 24.6. The predicted molar refractivity (Wildman–Crippen MR) is 130 cm³/mol. The molecule has 2 aliphatic carbocycles. The fraction of sp³-hybridized carbons (Fsp3) is 0.462. The number of hydrogen-bond donors (Lipinski definition) is 2. The van der Waals surface area contributed by atoms with Crippen LogP contribution in [-0.2, 0) is 10.0 Å². The van der Waals surface area contributed by atoms with Gasteiger partial charge in [-0.25, -0.2) is 13.1 Å². The van der Waals surface area contributed by atoms with Gasteiger partial charge in [-0.05, 0) is 66.6 Å². The zero-order valence-corrected chi connectivity index (χ0v) is 20.0. The van der Waals surface area contributed by atoms with Crippen LogP contribution in [0.4, 0.5) is 5.69 Å². The second-order valence-corrected chi connectivity index (χ2v) is 11.0. The van der Waals surface area contributed by atoms with Gasteiger partial charge in [-0.3, -0.25) is 0 Å². The number of anilines is 1. The van der Waals surface area contributed by atoms with Crippen LogP contribution >= 0.6 is 0 Å². The third-order valence-electron chi connectivity index (χ3n) is 7.34. The Morgan fingerprint density at radius 3 is 2.52 bits per heavy atom. The van der Waals surface area contributed by atoms with Crippen molar-refractivity contribution in [3.05, 3.63) is 59.7 Å². The van der Waals surface area contributed by atoms with E-state index >= 15 is 0 Å². The van der Waals surface area contributed by atoms with E-state index in [0.717, 1.165) is 48.9 Å². The molecule has 6 nitrogen and oxygen atoms in total. The minimum Gasteiger partial charge on any atom is -0.493 e. The summed E-state index contributed by atoms with van der Waals surface area (Å²) in [5.74, 6) is 1.89. The van der Waals surface area contributed by atoms with E-state index in [2.05, 4.69) is 28.3 Å². The largest absolute Gasteiger partial charge is 0.493 e. The fourth-order valence-corrected chi connectivity index (χ4v) is 6.96. The average molecular weight is 469 g/mol. The van der Waals surface area contributed by atoms with Crippen molar-refractivity contribution in [2.45, 2.75) is 61.4 Å². The number of benzene rings is 2. The molecular weight excluding hydrogens is 436 g/mol. The Balaban J connectivity index is 1.45. The molecule has 1 heterocycles. The lowest BCUT2D eigenvalue weighted by molar-refractivity contribution is 0.353. The predicted octanol–water partition coefficient (Wildman–Crippen LogP) is 5.14. The number of hydrogen-bond acceptors (Lipinski definition) is 5. The van der Waals surface area contributed by atoms with Crippen LogP contribution in [0.1, 0.15) is 61.6 Å². The van der Waals surface area contributed by atoms with Crippen molar-refractivity contribution in [1.29, 1.82) is 0 Å².